The van der Waals surface area contributed by atoms with Gasteiger partial charge in [0.2, 0.25) is 5.91 Å². The summed E-state index contributed by atoms with van der Waals surface area (Å²) < 4.78 is 5.36. The molecule has 6 nitrogen and oxygen atoms in total. The first-order valence-corrected chi connectivity index (χ1v) is 6.93. The zero-order valence-corrected chi connectivity index (χ0v) is 12.2. The Bertz CT molecular complexity index is 301. The number of hydrogen-bond acceptors (Lipinski definition) is 3. The molecule has 1 rings (SSSR count). The lowest BCUT2D eigenvalue weighted by Crippen LogP contribution is -2.45. The van der Waals surface area contributed by atoms with Gasteiger partial charge in [0.1, 0.15) is 0 Å². The van der Waals surface area contributed by atoms with Gasteiger partial charge in [0, 0.05) is 39.7 Å². The molecular formula is C13H26N4O2. The van der Waals surface area contributed by atoms with E-state index in [0.29, 0.717) is 12.5 Å². The number of nitrogens with one attached hydrogen (secondary N) is 2. The minimum absolute atomic E-state index is 0.000555. The van der Waals surface area contributed by atoms with Crippen molar-refractivity contribution in [1.82, 2.24) is 15.5 Å². The molecule has 110 valence electrons. The van der Waals surface area contributed by atoms with Crippen LogP contribution in [0.1, 0.15) is 19.8 Å². The third-order valence-corrected chi connectivity index (χ3v) is 3.11. The zero-order chi connectivity index (χ0) is 14.1. The van der Waals surface area contributed by atoms with E-state index in [1.807, 2.05) is 18.9 Å². The molecule has 19 heavy (non-hydrogen) atoms. The number of hydrogen-bond donors (Lipinski definition) is 2. The van der Waals surface area contributed by atoms with Crippen LogP contribution in [0.4, 0.5) is 0 Å². The van der Waals surface area contributed by atoms with Crippen molar-refractivity contribution in [3.8, 4) is 0 Å². The van der Waals surface area contributed by atoms with E-state index in [1.54, 1.807) is 7.05 Å². The Morgan fingerprint density at radius 1 is 1.47 bits per heavy atom. The maximum absolute atomic E-state index is 11.5. The van der Waals surface area contributed by atoms with Gasteiger partial charge in [-0.25, -0.2) is 0 Å². The maximum Gasteiger partial charge on any atom is 0.239 e. The number of guanidine groups is 1. The highest BCUT2D eigenvalue weighted by Crippen LogP contribution is 2.13. The zero-order valence-electron chi connectivity index (χ0n) is 12.2. The van der Waals surface area contributed by atoms with Gasteiger partial charge < -0.3 is 20.3 Å². The summed E-state index contributed by atoms with van der Waals surface area (Å²) in [7, 11) is 3.71. The van der Waals surface area contributed by atoms with Gasteiger partial charge in [-0.2, -0.15) is 0 Å². The average Bonchev–Trinajstić information content (AvgIpc) is 2.89. The van der Waals surface area contributed by atoms with Crippen LogP contribution < -0.4 is 10.6 Å². The highest BCUT2D eigenvalue weighted by molar-refractivity contribution is 5.86. The van der Waals surface area contributed by atoms with E-state index in [2.05, 4.69) is 15.6 Å². The number of amides is 1. The van der Waals surface area contributed by atoms with Crippen molar-refractivity contribution >= 4 is 11.9 Å². The van der Waals surface area contributed by atoms with Crippen molar-refractivity contribution in [3.63, 3.8) is 0 Å². The van der Waals surface area contributed by atoms with E-state index in [-0.39, 0.29) is 12.5 Å². The van der Waals surface area contributed by atoms with E-state index < -0.39 is 0 Å². The summed E-state index contributed by atoms with van der Waals surface area (Å²) in [5.74, 6) is 1.30. The maximum atomic E-state index is 11.5. The molecule has 1 fully saturated rings. The van der Waals surface area contributed by atoms with E-state index in [9.17, 15) is 4.79 Å². The highest BCUT2D eigenvalue weighted by Gasteiger charge is 2.19. The Morgan fingerprint density at radius 2 is 2.26 bits per heavy atom. The predicted molar refractivity (Wildman–Crippen MR) is 76.2 cm³/mol. The Balaban J connectivity index is 2.29. The van der Waals surface area contributed by atoms with E-state index in [4.69, 9.17) is 4.74 Å². The van der Waals surface area contributed by atoms with Gasteiger partial charge in [-0.3, -0.25) is 9.79 Å². The summed E-state index contributed by atoms with van der Waals surface area (Å²) >= 11 is 0. The number of aliphatic imine (C=N–C) groups is 1. The van der Waals surface area contributed by atoms with Crippen LogP contribution in [-0.4, -0.2) is 63.7 Å². The van der Waals surface area contributed by atoms with Crippen molar-refractivity contribution in [1.29, 1.82) is 0 Å². The fourth-order valence-corrected chi connectivity index (χ4v) is 2.07. The first-order valence-electron chi connectivity index (χ1n) is 6.93. The number of rotatable bonds is 6. The summed E-state index contributed by atoms with van der Waals surface area (Å²) in [5, 5.41) is 5.90. The predicted octanol–water partition coefficient (Wildman–Crippen LogP) is 0.0563. The third kappa shape index (κ3) is 5.92. The van der Waals surface area contributed by atoms with Gasteiger partial charge in [0.25, 0.3) is 0 Å². The smallest absolute Gasteiger partial charge is 0.239 e. The van der Waals surface area contributed by atoms with Crippen LogP contribution in [0.5, 0.6) is 0 Å². The van der Waals surface area contributed by atoms with E-state index in [1.165, 1.54) is 0 Å². The molecule has 0 bridgehead atoms. The third-order valence-electron chi connectivity index (χ3n) is 3.11. The molecule has 0 aromatic carbocycles. The van der Waals surface area contributed by atoms with Crippen LogP contribution in [0.2, 0.25) is 0 Å². The normalized spacial score (nSPS) is 19.3. The summed E-state index contributed by atoms with van der Waals surface area (Å²) in [6.07, 6.45) is 2.04. The second kappa shape index (κ2) is 8.74. The average molecular weight is 270 g/mol. The Hall–Kier alpha value is -1.30. The molecule has 0 aromatic heterocycles. The van der Waals surface area contributed by atoms with Gasteiger partial charge in [0.15, 0.2) is 5.96 Å². The fraction of sp³-hybridized carbons (Fsp3) is 0.846. The second-order valence-electron chi connectivity index (χ2n) is 4.86. The molecule has 1 aliphatic heterocycles. The first kappa shape index (κ1) is 15.8. The van der Waals surface area contributed by atoms with Crippen molar-refractivity contribution < 1.29 is 9.53 Å². The molecule has 0 radical (unpaired) electrons. The molecule has 2 N–H and O–H groups in total. The quantitative estimate of drug-likeness (QED) is 0.529. The standard InChI is InChI=1S/C13H26N4O2/c1-4-6-15-12(18)8-16-13(14-2)17(3)9-11-5-7-19-10-11/h11H,4-10H2,1-3H3,(H,14,16)(H,15,18). The van der Waals surface area contributed by atoms with Crippen molar-refractivity contribution in [2.24, 2.45) is 10.9 Å². The molecule has 1 unspecified atom stereocenters. The molecule has 6 heteroatoms. The Morgan fingerprint density at radius 3 is 2.84 bits per heavy atom. The molecule has 0 spiro atoms. The number of carbonyl (C=O) groups is 1. The molecule has 0 aromatic rings. The van der Waals surface area contributed by atoms with E-state index >= 15 is 0 Å². The Kier molecular flexibility index (Phi) is 7.25. The van der Waals surface area contributed by atoms with Crippen LogP contribution >= 0.6 is 0 Å². The lowest BCUT2D eigenvalue weighted by Gasteiger charge is -2.24. The molecule has 0 saturated carbocycles. The van der Waals surface area contributed by atoms with Gasteiger partial charge in [-0.05, 0) is 12.8 Å². The largest absolute Gasteiger partial charge is 0.381 e. The Labute approximate surface area is 115 Å². The van der Waals surface area contributed by atoms with Crippen molar-refractivity contribution in [2.45, 2.75) is 19.8 Å². The van der Waals surface area contributed by atoms with Crippen LogP contribution in [0.3, 0.4) is 0 Å². The summed E-state index contributed by atoms with van der Waals surface area (Å²) in [6.45, 7) is 5.58. The van der Waals surface area contributed by atoms with Crippen LogP contribution in [0.15, 0.2) is 4.99 Å². The van der Waals surface area contributed by atoms with Gasteiger partial charge in [-0.1, -0.05) is 6.92 Å². The van der Waals surface area contributed by atoms with Gasteiger partial charge in [-0.15, -0.1) is 0 Å². The summed E-state index contributed by atoms with van der Waals surface area (Å²) in [5.41, 5.74) is 0. The van der Waals surface area contributed by atoms with Gasteiger partial charge >= 0.3 is 0 Å². The minimum atomic E-state index is 0.000555. The molecule has 1 aliphatic rings. The highest BCUT2D eigenvalue weighted by atomic mass is 16.5. The lowest BCUT2D eigenvalue weighted by atomic mass is 10.1. The van der Waals surface area contributed by atoms with Crippen LogP contribution in [0, 0.1) is 5.92 Å². The lowest BCUT2D eigenvalue weighted by molar-refractivity contribution is -0.120. The number of ether oxygens (including phenoxy) is 1. The first-order chi connectivity index (χ1) is 9.17. The minimum Gasteiger partial charge on any atom is -0.381 e. The molecule has 1 saturated heterocycles. The van der Waals surface area contributed by atoms with Crippen molar-refractivity contribution in [2.75, 3.05) is 46.9 Å². The summed E-state index contributed by atoms with van der Waals surface area (Å²) in [4.78, 5) is 17.8. The molecule has 1 atom stereocenters. The monoisotopic (exact) mass is 270 g/mol. The molecule has 1 heterocycles. The second-order valence-corrected chi connectivity index (χ2v) is 4.86. The van der Waals surface area contributed by atoms with Crippen LogP contribution in [0.25, 0.3) is 0 Å². The molecular weight excluding hydrogens is 244 g/mol. The summed E-state index contributed by atoms with van der Waals surface area (Å²) in [6, 6.07) is 0. The van der Waals surface area contributed by atoms with Crippen LogP contribution in [-0.2, 0) is 9.53 Å². The van der Waals surface area contributed by atoms with Crippen molar-refractivity contribution in [3.05, 3.63) is 0 Å². The number of nitrogens with zero attached hydrogens (tertiary/aromatic N) is 2. The van der Waals surface area contributed by atoms with Gasteiger partial charge in [0.05, 0.1) is 13.2 Å². The number of carbonyl (C=O) groups excluding carboxylic acids is 1. The fourth-order valence-electron chi connectivity index (χ4n) is 2.07. The van der Waals surface area contributed by atoms with E-state index in [0.717, 1.165) is 38.6 Å². The topological polar surface area (TPSA) is 66.0 Å². The molecule has 0 aliphatic carbocycles. The SMILES string of the molecule is CCCNC(=O)CNC(=NC)N(C)CC1CCOC1. The molecule has 1 amide bonds.